The van der Waals surface area contributed by atoms with E-state index in [0.717, 1.165) is 11.3 Å². The average molecular weight is 478 g/mol. The SMILES string of the molecule is CCOc1ccc(-c2noc(CCC(=O)N3CSCC3C(=O)Nc3ccc(C#N)cc3)n2)cc1. The Labute approximate surface area is 201 Å². The zero-order valence-corrected chi connectivity index (χ0v) is 19.4. The zero-order valence-electron chi connectivity index (χ0n) is 18.6. The molecule has 0 saturated carbocycles. The van der Waals surface area contributed by atoms with E-state index in [4.69, 9.17) is 14.5 Å². The largest absolute Gasteiger partial charge is 0.494 e. The summed E-state index contributed by atoms with van der Waals surface area (Å²) < 4.78 is 10.7. The van der Waals surface area contributed by atoms with Gasteiger partial charge in [-0.25, -0.2) is 0 Å². The van der Waals surface area contributed by atoms with Crippen molar-refractivity contribution >= 4 is 29.3 Å². The highest BCUT2D eigenvalue weighted by Crippen LogP contribution is 2.24. The first kappa shape index (κ1) is 23.3. The monoisotopic (exact) mass is 477 g/mol. The molecule has 1 aliphatic rings. The molecule has 4 rings (SSSR count). The Morgan fingerprint density at radius 3 is 2.71 bits per heavy atom. The van der Waals surface area contributed by atoms with Gasteiger partial charge in [-0.3, -0.25) is 9.59 Å². The summed E-state index contributed by atoms with van der Waals surface area (Å²) in [5.41, 5.74) is 1.89. The second kappa shape index (κ2) is 10.9. The molecule has 1 aliphatic heterocycles. The van der Waals surface area contributed by atoms with Gasteiger partial charge in [0, 0.05) is 29.8 Å². The van der Waals surface area contributed by atoms with Crippen LogP contribution in [-0.2, 0) is 16.0 Å². The van der Waals surface area contributed by atoms with Crippen molar-refractivity contribution < 1.29 is 18.8 Å². The normalized spacial score (nSPS) is 15.1. The molecule has 9 nitrogen and oxygen atoms in total. The van der Waals surface area contributed by atoms with Gasteiger partial charge in [0.25, 0.3) is 0 Å². The molecule has 0 radical (unpaired) electrons. The molecule has 1 aromatic heterocycles. The van der Waals surface area contributed by atoms with Crippen molar-refractivity contribution in [2.75, 3.05) is 23.6 Å². The van der Waals surface area contributed by atoms with Crippen LogP contribution in [0.2, 0.25) is 0 Å². The first-order valence-electron chi connectivity index (χ1n) is 10.8. The summed E-state index contributed by atoms with van der Waals surface area (Å²) in [6.07, 6.45) is 0.445. The number of anilines is 1. The first-order chi connectivity index (χ1) is 16.6. The second-order valence-electron chi connectivity index (χ2n) is 7.53. The van der Waals surface area contributed by atoms with E-state index >= 15 is 0 Å². The summed E-state index contributed by atoms with van der Waals surface area (Å²) in [6, 6.07) is 15.5. The van der Waals surface area contributed by atoms with Gasteiger partial charge in [0.05, 0.1) is 24.1 Å². The minimum atomic E-state index is -0.560. The summed E-state index contributed by atoms with van der Waals surface area (Å²) in [5, 5.41) is 15.7. The molecule has 3 aromatic rings. The highest BCUT2D eigenvalue weighted by Gasteiger charge is 2.34. The molecule has 1 saturated heterocycles. The van der Waals surface area contributed by atoms with E-state index in [1.165, 1.54) is 11.8 Å². The number of ether oxygens (including phenoxy) is 1. The summed E-state index contributed by atoms with van der Waals surface area (Å²) in [7, 11) is 0. The number of rotatable bonds is 8. The predicted molar refractivity (Wildman–Crippen MR) is 127 cm³/mol. The van der Waals surface area contributed by atoms with Gasteiger partial charge in [-0.2, -0.15) is 10.2 Å². The molecule has 10 heteroatoms. The third-order valence-electron chi connectivity index (χ3n) is 5.23. The Morgan fingerprint density at radius 1 is 1.24 bits per heavy atom. The van der Waals surface area contributed by atoms with Gasteiger partial charge in [0.2, 0.25) is 23.5 Å². The van der Waals surface area contributed by atoms with Crippen LogP contribution in [0.15, 0.2) is 53.1 Å². The molecule has 1 atom stereocenters. The highest BCUT2D eigenvalue weighted by atomic mass is 32.2. The molecule has 0 aliphatic carbocycles. The number of carbonyl (C=O) groups is 2. The number of nitrogens with zero attached hydrogens (tertiary/aromatic N) is 4. The fourth-order valence-corrected chi connectivity index (χ4v) is 4.64. The first-order valence-corrected chi connectivity index (χ1v) is 12.0. The number of benzene rings is 2. The minimum Gasteiger partial charge on any atom is -0.494 e. The van der Waals surface area contributed by atoms with E-state index in [2.05, 4.69) is 15.5 Å². The van der Waals surface area contributed by atoms with E-state index < -0.39 is 6.04 Å². The molecule has 174 valence electrons. The van der Waals surface area contributed by atoms with Crippen LogP contribution in [0.3, 0.4) is 0 Å². The van der Waals surface area contributed by atoms with Crippen LogP contribution in [-0.4, -0.2) is 51.1 Å². The fourth-order valence-electron chi connectivity index (χ4n) is 3.46. The van der Waals surface area contributed by atoms with Gasteiger partial charge in [-0.05, 0) is 55.5 Å². The van der Waals surface area contributed by atoms with Crippen LogP contribution < -0.4 is 10.1 Å². The maximum absolute atomic E-state index is 12.8. The quantitative estimate of drug-likeness (QED) is 0.523. The van der Waals surface area contributed by atoms with Gasteiger partial charge >= 0.3 is 0 Å². The van der Waals surface area contributed by atoms with E-state index in [0.29, 0.717) is 41.2 Å². The standard InChI is InChI=1S/C24H23N5O4S/c1-2-32-19-9-5-17(6-10-19)23-27-21(33-28-23)11-12-22(30)29-15-34-14-20(29)24(31)26-18-7-3-16(13-25)4-8-18/h3-10,20H,2,11-12,14-15H2,1H3,(H,26,31). The molecule has 2 heterocycles. The smallest absolute Gasteiger partial charge is 0.248 e. The molecular weight excluding hydrogens is 454 g/mol. The summed E-state index contributed by atoms with van der Waals surface area (Å²) in [5.74, 6) is 2.15. The lowest BCUT2D eigenvalue weighted by atomic mass is 10.2. The van der Waals surface area contributed by atoms with Gasteiger partial charge in [0.15, 0.2) is 0 Å². The lowest BCUT2D eigenvalue weighted by Gasteiger charge is -2.23. The summed E-state index contributed by atoms with van der Waals surface area (Å²) in [4.78, 5) is 31.5. The van der Waals surface area contributed by atoms with Crippen molar-refractivity contribution in [1.29, 1.82) is 5.26 Å². The van der Waals surface area contributed by atoms with Crippen LogP contribution in [0.25, 0.3) is 11.4 Å². The topological polar surface area (TPSA) is 121 Å². The lowest BCUT2D eigenvalue weighted by molar-refractivity contribution is -0.136. The number of carbonyl (C=O) groups excluding carboxylic acids is 2. The Kier molecular flexibility index (Phi) is 7.44. The molecule has 1 fully saturated rings. The maximum Gasteiger partial charge on any atom is 0.248 e. The number of aryl methyl sites for hydroxylation is 1. The van der Waals surface area contributed by atoms with E-state index in [9.17, 15) is 9.59 Å². The van der Waals surface area contributed by atoms with Gasteiger partial charge < -0.3 is 19.5 Å². The van der Waals surface area contributed by atoms with Crippen LogP contribution in [0, 0.1) is 11.3 Å². The predicted octanol–water partition coefficient (Wildman–Crippen LogP) is 3.48. The van der Waals surface area contributed by atoms with Crippen LogP contribution in [0.4, 0.5) is 5.69 Å². The number of nitrogens with one attached hydrogen (secondary N) is 1. The Bertz CT molecular complexity index is 1190. The van der Waals surface area contributed by atoms with Crippen molar-refractivity contribution in [1.82, 2.24) is 15.0 Å². The van der Waals surface area contributed by atoms with Gasteiger partial charge in [-0.15, -0.1) is 11.8 Å². The summed E-state index contributed by atoms with van der Waals surface area (Å²) in [6.45, 7) is 2.51. The van der Waals surface area contributed by atoms with Crippen molar-refractivity contribution in [2.45, 2.75) is 25.8 Å². The number of hydrogen-bond acceptors (Lipinski definition) is 8. The zero-order chi connectivity index (χ0) is 23.9. The van der Waals surface area contributed by atoms with Gasteiger partial charge in [0.1, 0.15) is 11.8 Å². The number of nitriles is 1. The molecule has 0 spiro atoms. The highest BCUT2D eigenvalue weighted by molar-refractivity contribution is 7.99. The number of amides is 2. The van der Waals surface area contributed by atoms with Crippen LogP contribution in [0.1, 0.15) is 24.8 Å². The van der Waals surface area contributed by atoms with E-state index in [1.54, 1.807) is 29.2 Å². The molecule has 2 amide bonds. The van der Waals surface area contributed by atoms with Crippen molar-refractivity contribution in [3.63, 3.8) is 0 Å². The molecule has 2 aromatic carbocycles. The number of aromatic nitrogens is 2. The average Bonchev–Trinajstić information content (AvgIpc) is 3.54. The van der Waals surface area contributed by atoms with Crippen LogP contribution >= 0.6 is 11.8 Å². The maximum atomic E-state index is 12.8. The molecule has 1 N–H and O–H groups in total. The Morgan fingerprint density at radius 2 is 2.00 bits per heavy atom. The molecule has 34 heavy (non-hydrogen) atoms. The number of thioether (sulfide) groups is 1. The Balaban J connectivity index is 1.32. The Hall–Kier alpha value is -3.84. The fraction of sp³-hybridized carbons (Fsp3) is 0.292. The van der Waals surface area contributed by atoms with E-state index in [-0.39, 0.29) is 24.7 Å². The van der Waals surface area contributed by atoms with Crippen molar-refractivity contribution in [3.8, 4) is 23.2 Å². The third kappa shape index (κ3) is 5.55. The van der Waals surface area contributed by atoms with Gasteiger partial charge in [-0.1, -0.05) is 5.16 Å². The molecular formula is C24H23N5O4S. The minimum absolute atomic E-state index is 0.147. The summed E-state index contributed by atoms with van der Waals surface area (Å²) >= 11 is 1.53. The van der Waals surface area contributed by atoms with Crippen molar-refractivity contribution in [2.24, 2.45) is 0 Å². The third-order valence-corrected chi connectivity index (χ3v) is 6.24. The van der Waals surface area contributed by atoms with E-state index in [1.807, 2.05) is 37.3 Å². The molecule has 0 bridgehead atoms. The second-order valence-corrected chi connectivity index (χ2v) is 8.53. The molecule has 1 unspecified atom stereocenters. The number of hydrogen-bond donors (Lipinski definition) is 1. The van der Waals surface area contributed by atoms with Crippen molar-refractivity contribution in [3.05, 3.63) is 60.0 Å². The lowest BCUT2D eigenvalue weighted by Crippen LogP contribution is -2.44. The van der Waals surface area contributed by atoms with Crippen LogP contribution in [0.5, 0.6) is 5.75 Å².